The Kier molecular flexibility index (Phi) is 3.04. The minimum absolute atomic E-state index is 0.0390. The van der Waals surface area contributed by atoms with E-state index < -0.39 is 0 Å². The summed E-state index contributed by atoms with van der Waals surface area (Å²) in [7, 11) is 0. The average molecular weight is 250 g/mol. The average Bonchev–Trinajstić information content (AvgIpc) is 3.20. The van der Waals surface area contributed by atoms with E-state index in [1.807, 2.05) is 11.8 Å². The van der Waals surface area contributed by atoms with Crippen LogP contribution in [0.2, 0.25) is 0 Å². The van der Waals surface area contributed by atoms with Crippen molar-refractivity contribution in [2.45, 2.75) is 70.0 Å². The van der Waals surface area contributed by atoms with Crippen molar-refractivity contribution < 1.29 is 9.59 Å². The van der Waals surface area contributed by atoms with Gasteiger partial charge in [-0.15, -0.1) is 0 Å². The molecule has 3 aliphatic rings. The van der Waals surface area contributed by atoms with Gasteiger partial charge in [0.25, 0.3) is 0 Å². The van der Waals surface area contributed by atoms with Crippen LogP contribution in [0.15, 0.2) is 0 Å². The number of hydrogen-bond acceptors (Lipinski definition) is 2. The van der Waals surface area contributed by atoms with Crippen molar-refractivity contribution in [1.82, 2.24) is 10.2 Å². The van der Waals surface area contributed by atoms with Crippen LogP contribution in [0.3, 0.4) is 0 Å². The number of carbonyl (C=O) groups excluding carboxylic acids is 2. The van der Waals surface area contributed by atoms with Crippen LogP contribution in [0.4, 0.5) is 0 Å². The molecule has 0 aromatic carbocycles. The molecule has 2 unspecified atom stereocenters. The molecule has 0 bridgehead atoms. The Balaban J connectivity index is 1.77. The van der Waals surface area contributed by atoms with Crippen molar-refractivity contribution in [3.63, 3.8) is 0 Å². The van der Waals surface area contributed by atoms with E-state index in [2.05, 4.69) is 5.32 Å². The molecule has 2 aliphatic carbocycles. The van der Waals surface area contributed by atoms with Crippen molar-refractivity contribution >= 4 is 11.8 Å². The van der Waals surface area contributed by atoms with E-state index in [-0.39, 0.29) is 23.9 Å². The lowest BCUT2D eigenvalue weighted by Crippen LogP contribution is -2.65. The van der Waals surface area contributed by atoms with Crippen LogP contribution in [0.5, 0.6) is 0 Å². The fourth-order valence-corrected chi connectivity index (χ4v) is 3.45. The quantitative estimate of drug-likeness (QED) is 0.806. The highest BCUT2D eigenvalue weighted by molar-refractivity contribution is 5.97. The standard InChI is InChI=1S/C14H22N2O2/c1-9-13(17)15-12(10-5-3-2-4-6-10)14(18)16(9)11-7-8-11/h9-12H,2-8H2,1H3,(H,15,17). The van der Waals surface area contributed by atoms with Gasteiger partial charge in [0.2, 0.25) is 11.8 Å². The molecule has 2 atom stereocenters. The van der Waals surface area contributed by atoms with E-state index >= 15 is 0 Å². The summed E-state index contributed by atoms with van der Waals surface area (Å²) in [4.78, 5) is 26.5. The van der Waals surface area contributed by atoms with E-state index in [9.17, 15) is 9.59 Å². The van der Waals surface area contributed by atoms with Gasteiger partial charge in [-0.1, -0.05) is 19.3 Å². The summed E-state index contributed by atoms with van der Waals surface area (Å²) in [6.45, 7) is 1.85. The number of nitrogens with zero attached hydrogens (tertiary/aromatic N) is 1. The van der Waals surface area contributed by atoms with Crippen molar-refractivity contribution in [2.24, 2.45) is 5.92 Å². The molecule has 100 valence electrons. The predicted octanol–water partition coefficient (Wildman–Crippen LogP) is 1.44. The molecule has 18 heavy (non-hydrogen) atoms. The zero-order valence-electron chi connectivity index (χ0n) is 11.0. The van der Waals surface area contributed by atoms with Crippen LogP contribution >= 0.6 is 0 Å². The summed E-state index contributed by atoms with van der Waals surface area (Å²) < 4.78 is 0. The fourth-order valence-electron chi connectivity index (χ4n) is 3.45. The molecule has 4 heteroatoms. The summed E-state index contributed by atoms with van der Waals surface area (Å²) in [5.74, 6) is 0.581. The van der Waals surface area contributed by atoms with Crippen LogP contribution in [0.25, 0.3) is 0 Å². The van der Waals surface area contributed by atoms with E-state index in [1.165, 1.54) is 19.3 Å². The van der Waals surface area contributed by atoms with Crippen LogP contribution in [-0.2, 0) is 9.59 Å². The van der Waals surface area contributed by atoms with Gasteiger partial charge in [-0.05, 0) is 38.5 Å². The number of piperazine rings is 1. The van der Waals surface area contributed by atoms with Gasteiger partial charge >= 0.3 is 0 Å². The second kappa shape index (κ2) is 4.56. The third-order valence-corrected chi connectivity index (χ3v) is 4.68. The lowest BCUT2D eigenvalue weighted by atomic mass is 9.82. The number of amides is 2. The third kappa shape index (κ3) is 2.02. The minimum atomic E-state index is -0.273. The van der Waals surface area contributed by atoms with Crippen molar-refractivity contribution in [3.8, 4) is 0 Å². The maximum Gasteiger partial charge on any atom is 0.246 e. The van der Waals surface area contributed by atoms with Gasteiger partial charge in [0.1, 0.15) is 12.1 Å². The maximum absolute atomic E-state index is 12.6. The third-order valence-electron chi connectivity index (χ3n) is 4.68. The van der Waals surface area contributed by atoms with Gasteiger partial charge in [0.15, 0.2) is 0 Å². The molecule has 1 N–H and O–H groups in total. The Morgan fingerprint density at radius 1 is 1.06 bits per heavy atom. The summed E-state index contributed by atoms with van der Waals surface area (Å²) in [6, 6.07) is -0.177. The lowest BCUT2D eigenvalue weighted by molar-refractivity contribution is -0.151. The highest BCUT2D eigenvalue weighted by Gasteiger charge is 2.47. The maximum atomic E-state index is 12.6. The van der Waals surface area contributed by atoms with E-state index in [0.717, 1.165) is 25.7 Å². The van der Waals surface area contributed by atoms with Gasteiger partial charge in [-0.3, -0.25) is 9.59 Å². The molecule has 4 nitrogen and oxygen atoms in total. The molecule has 1 saturated heterocycles. The normalized spacial score (nSPS) is 34.6. The van der Waals surface area contributed by atoms with Crippen molar-refractivity contribution in [2.75, 3.05) is 0 Å². The van der Waals surface area contributed by atoms with Crippen LogP contribution in [0, 0.1) is 5.92 Å². The summed E-state index contributed by atoms with van der Waals surface area (Å²) >= 11 is 0. The van der Waals surface area contributed by atoms with Crippen LogP contribution < -0.4 is 5.32 Å². The van der Waals surface area contributed by atoms with Gasteiger partial charge < -0.3 is 10.2 Å². The Morgan fingerprint density at radius 2 is 1.72 bits per heavy atom. The van der Waals surface area contributed by atoms with E-state index in [4.69, 9.17) is 0 Å². The second-order valence-electron chi connectivity index (χ2n) is 6.04. The first-order valence-corrected chi connectivity index (χ1v) is 7.31. The lowest BCUT2D eigenvalue weighted by Gasteiger charge is -2.41. The molecule has 3 fully saturated rings. The monoisotopic (exact) mass is 250 g/mol. The molecular weight excluding hydrogens is 228 g/mol. The van der Waals surface area contributed by atoms with Crippen molar-refractivity contribution in [3.05, 3.63) is 0 Å². The number of carbonyl (C=O) groups is 2. The number of rotatable bonds is 2. The molecule has 1 aliphatic heterocycles. The zero-order valence-corrected chi connectivity index (χ0v) is 11.0. The Bertz CT molecular complexity index is 359. The molecular formula is C14H22N2O2. The first-order chi connectivity index (χ1) is 8.68. The van der Waals surface area contributed by atoms with Crippen LogP contribution in [-0.4, -0.2) is 34.8 Å². The molecule has 2 amide bonds. The number of nitrogens with one attached hydrogen (secondary N) is 1. The van der Waals surface area contributed by atoms with E-state index in [0.29, 0.717) is 12.0 Å². The highest BCUT2D eigenvalue weighted by atomic mass is 16.2. The predicted molar refractivity (Wildman–Crippen MR) is 67.8 cm³/mol. The van der Waals surface area contributed by atoms with E-state index in [1.54, 1.807) is 0 Å². The van der Waals surface area contributed by atoms with Gasteiger partial charge in [0.05, 0.1) is 0 Å². The summed E-state index contributed by atoms with van der Waals surface area (Å²) in [6.07, 6.45) is 7.98. The second-order valence-corrected chi connectivity index (χ2v) is 6.04. The molecule has 0 aromatic heterocycles. The molecule has 0 spiro atoms. The Hall–Kier alpha value is -1.06. The number of hydrogen-bond donors (Lipinski definition) is 1. The van der Waals surface area contributed by atoms with Gasteiger partial charge in [0, 0.05) is 6.04 Å². The Morgan fingerprint density at radius 3 is 2.33 bits per heavy atom. The minimum Gasteiger partial charge on any atom is -0.342 e. The fraction of sp³-hybridized carbons (Fsp3) is 0.857. The summed E-state index contributed by atoms with van der Waals surface area (Å²) in [5, 5.41) is 2.97. The largest absolute Gasteiger partial charge is 0.342 e. The molecule has 2 saturated carbocycles. The smallest absolute Gasteiger partial charge is 0.246 e. The molecule has 0 radical (unpaired) electrons. The zero-order chi connectivity index (χ0) is 12.7. The first kappa shape index (κ1) is 12.0. The first-order valence-electron chi connectivity index (χ1n) is 7.31. The van der Waals surface area contributed by atoms with Crippen LogP contribution in [0.1, 0.15) is 51.9 Å². The Labute approximate surface area is 108 Å². The summed E-state index contributed by atoms with van der Waals surface area (Å²) in [5.41, 5.74) is 0. The van der Waals surface area contributed by atoms with Gasteiger partial charge in [-0.25, -0.2) is 0 Å². The highest BCUT2D eigenvalue weighted by Crippen LogP contribution is 2.34. The van der Waals surface area contributed by atoms with Gasteiger partial charge in [-0.2, -0.15) is 0 Å². The molecule has 1 heterocycles. The topological polar surface area (TPSA) is 49.4 Å². The molecule has 0 aromatic rings. The molecule has 3 rings (SSSR count). The SMILES string of the molecule is CC1C(=O)NC(C2CCCCC2)C(=O)N1C1CC1. The van der Waals surface area contributed by atoms with Crippen molar-refractivity contribution in [1.29, 1.82) is 0 Å².